The molecule has 2 rings (SSSR count). The Balaban J connectivity index is 1.82. The van der Waals surface area contributed by atoms with E-state index in [0.717, 1.165) is 31.2 Å². The first-order valence-corrected chi connectivity index (χ1v) is 8.32. The van der Waals surface area contributed by atoms with E-state index in [-0.39, 0.29) is 18.7 Å². The Hall–Kier alpha value is -0.770. The van der Waals surface area contributed by atoms with E-state index in [1.54, 1.807) is 4.90 Å². The smallest absolute Gasteiger partial charge is 0.317 e. The lowest BCUT2D eigenvalue weighted by Crippen LogP contribution is -2.48. The third-order valence-electron chi connectivity index (χ3n) is 5.22. The lowest BCUT2D eigenvalue weighted by atomic mass is 9.84. The van der Waals surface area contributed by atoms with E-state index in [1.165, 1.54) is 25.7 Å². The molecule has 0 aromatic carbocycles. The molecule has 2 fully saturated rings. The summed E-state index contributed by atoms with van der Waals surface area (Å²) in [5.41, 5.74) is 0. The normalized spacial score (nSPS) is 29.4. The van der Waals surface area contributed by atoms with Crippen LogP contribution in [0.1, 0.15) is 52.4 Å². The summed E-state index contributed by atoms with van der Waals surface area (Å²) in [4.78, 5) is 14.1. The Labute approximate surface area is 122 Å². The van der Waals surface area contributed by atoms with Gasteiger partial charge in [0.1, 0.15) is 0 Å². The number of nitrogens with zero attached hydrogens (tertiary/aromatic N) is 1. The van der Waals surface area contributed by atoms with Crippen molar-refractivity contribution in [2.24, 2.45) is 17.8 Å². The molecule has 2 N–H and O–H groups in total. The topological polar surface area (TPSA) is 52.6 Å². The molecule has 0 aromatic rings. The summed E-state index contributed by atoms with van der Waals surface area (Å²) in [6.45, 7) is 5.49. The summed E-state index contributed by atoms with van der Waals surface area (Å²) < 4.78 is 0. The van der Waals surface area contributed by atoms with Crippen LogP contribution in [-0.2, 0) is 0 Å². The first kappa shape index (κ1) is 15.6. The van der Waals surface area contributed by atoms with Gasteiger partial charge in [0.2, 0.25) is 0 Å². The number of carbonyl (C=O) groups is 1. The fraction of sp³-hybridized carbons (Fsp3) is 0.938. The molecule has 2 aliphatic carbocycles. The summed E-state index contributed by atoms with van der Waals surface area (Å²) in [5, 5.41) is 12.3. The maximum atomic E-state index is 12.3. The van der Waals surface area contributed by atoms with Gasteiger partial charge in [0, 0.05) is 19.1 Å². The average Bonchev–Trinajstić information content (AvgIpc) is 3.05. The first-order valence-electron chi connectivity index (χ1n) is 8.32. The average molecular weight is 282 g/mol. The van der Waals surface area contributed by atoms with Crippen LogP contribution in [0.15, 0.2) is 0 Å². The number of hydrogen-bond acceptors (Lipinski definition) is 2. The van der Waals surface area contributed by atoms with Crippen molar-refractivity contribution >= 4 is 6.03 Å². The second-order valence-corrected chi connectivity index (χ2v) is 6.64. The lowest BCUT2D eigenvalue weighted by Gasteiger charge is -2.31. The Morgan fingerprint density at radius 1 is 1.35 bits per heavy atom. The molecule has 116 valence electrons. The van der Waals surface area contributed by atoms with Crippen LogP contribution in [0.2, 0.25) is 0 Å². The fourth-order valence-corrected chi connectivity index (χ4v) is 4.08. The van der Waals surface area contributed by atoms with Gasteiger partial charge in [-0.3, -0.25) is 0 Å². The molecule has 2 aliphatic rings. The maximum absolute atomic E-state index is 12.3. The van der Waals surface area contributed by atoms with E-state index in [9.17, 15) is 4.79 Å². The summed E-state index contributed by atoms with van der Waals surface area (Å²) in [6.07, 6.45) is 7.48. The molecular weight excluding hydrogens is 252 g/mol. The van der Waals surface area contributed by atoms with E-state index in [1.807, 2.05) is 0 Å². The van der Waals surface area contributed by atoms with Gasteiger partial charge in [-0.05, 0) is 50.4 Å². The van der Waals surface area contributed by atoms with Crippen molar-refractivity contribution in [3.8, 4) is 0 Å². The summed E-state index contributed by atoms with van der Waals surface area (Å²) in [5.74, 6) is 2.41. The molecule has 2 bridgehead atoms. The van der Waals surface area contributed by atoms with Gasteiger partial charge < -0.3 is 15.3 Å². The lowest BCUT2D eigenvalue weighted by molar-refractivity contribution is 0.165. The Morgan fingerprint density at radius 2 is 2.15 bits per heavy atom. The van der Waals surface area contributed by atoms with Crippen LogP contribution in [0.25, 0.3) is 0 Å². The molecule has 0 spiro atoms. The number of hydrogen-bond donors (Lipinski definition) is 2. The number of aliphatic hydroxyl groups is 1. The Kier molecular flexibility index (Phi) is 5.70. The Morgan fingerprint density at radius 3 is 2.70 bits per heavy atom. The largest absolute Gasteiger partial charge is 0.395 e. The van der Waals surface area contributed by atoms with Crippen molar-refractivity contribution in [2.45, 2.75) is 58.4 Å². The third-order valence-corrected chi connectivity index (χ3v) is 5.22. The van der Waals surface area contributed by atoms with Gasteiger partial charge in [0.25, 0.3) is 0 Å². The van der Waals surface area contributed by atoms with Crippen LogP contribution < -0.4 is 5.32 Å². The highest BCUT2D eigenvalue weighted by molar-refractivity contribution is 5.74. The van der Waals surface area contributed by atoms with E-state index < -0.39 is 0 Å². The highest BCUT2D eigenvalue weighted by Crippen LogP contribution is 2.49. The van der Waals surface area contributed by atoms with Crippen molar-refractivity contribution in [3.05, 3.63) is 0 Å². The molecule has 0 saturated heterocycles. The monoisotopic (exact) mass is 282 g/mol. The molecule has 0 radical (unpaired) electrons. The summed E-state index contributed by atoms with van der Waals surface area (Å²) >= 11 is 0. The summed E-state index contributed by atoms with van der Waals surface area (Å²) in [6, 6.07) is 0.267. The molecular formula is C16H30N2O2. The van der Waals surface area contributed by atoms with Crippen LogP contribution in [-0.4, -0.2) is 41.8 Å². The fourth-order valence-electron chi connectivity index (χ4n) is 4.08. The molecule has 0 aromatic heterocycles. The predicted octanol–water partition coefficient (Wildman–Crippen LogP) is 2.62. The minimum Gasteiger partial charge on any atom is -0.395 e. The maximum Gasteiger partial charge on any atom is 0.317 e. The van der Waals surface area contributed by atoms with Crippen molar-refractivity contribution in [1.29, 1.82) is 0 Å². The number of carbonyl (C=O) groups excluding carboxylic acids is 1. The van der Waals surface area contributed by atoms with Gasteiger partial charge in [-0.25, -0.2) is 4.79 Å². The van der Waals surface area contributed by atoms with Crippen molar-refractivity contribution in [1.82, 2.24) is 10.2 Å². The second-order valence-electron chi connectivity index (χ2n) is 6.64. The van der Waals surface area contributed by atoms with Gasteiger partial charge in [-0.2, -0.15) is 0 Å². The van der Waals surface area contributed by atoms with Crippen LogP contribution in [0.3, 0.4) is 0 Å². The standard InChI is InChI=1S/C16H30N2O2/c1-3-4-7-18(8-9-19)16(20)17-12(2)15-11-13-5-6-14(15)10-13/h12-15,19H,3-11H2,1-2H3,(H,17,20). The molecule has 4 unspecified atom stereocenters. The van der Waals surface area contributed by atoms with Crippen molar-refractivity contribution in [2.75, 3.05) is 19.7 Å². The van der Waals surface area contributed by atoms with Crippen molar-refractivity contribution in [3.63, 3.8) is 0 Å². The second kappa shape index (κ2) is 7.30. The predicted molar refractivity (Wildman–Crippen MR) is 80.5 cm³/mol. The molecule has 2 amide bonds. The number of amides is 2. The van der Waals surface area contributed by atoms with Crippen molar-refractivity contribution < 1.29 is 9.90 Å². The van der Waals surface area contributed by atoms with Gasteiger partial charge in [-0.1, -0.05) is 19.8 Å². The Bertz CT molecular complexity index is 322. The molecule has 4 nitrogen and oxygen atoms in total. The minimum absolute atomic E-state index is 0.00257. The highest BCUT2D eigenvalue weighted by atomic mass is 16.3. The summed E-state index contributed by atoms with van der Waals surface area (Å²) in [7, 11) is 0. The highest BCUT2D eigenvalue weighted by Gasteiger charge is 2.42. The molecule has 0 heterocycles. The van der Waals surface area contributed by atoms with E-state index in [0.29, 0.717) is 12.5 Å². The number of nitrogens with one attached hydrogen (secondary N) is 1. The SMILES string of the molecule is CCCCN(CCO)C(=O)NC(C)C1CC2CCC1C2. The van der Waals surface area contributed by atoms with E-state index in [4.69, 9.17) is 5.11 Å². The quantitative estimate of drug-likeness (QED) is 0.754. The van der Waals surface area contributed by atoms with Gasteiger partial charge in [0.05, 0.1) is 6.61 Å². The van der Waals surface area contributed by atoms with Crippen LogP contribution >= 0.6 is 0 Å². The number of rotatable bonds is 7. The van der Waals surface area contributed by atoms with Gasteiger partial charge in [-0.15, -0.1) is 0 Å². The third kappa shape index (κ3) is 3.66. The number of fused-ring (bicyclic) bond motifs is 2. The van der Waals surface area contributed by atoms with E-state index >= 15 is 0 Å². The minimum atomic E-state index is 0.00257. The zero-order valence-corrected chi connectivity index (χ0v) is 13.0. The zero-order valence-electron chi connectivity index (χ0n) is 13.0. The molecule has 2 saturated carbocycles. The number of urea groups is 1. The van der Waals surface area contributed by atoms with Crippen LogP contribution in [0, 0.1) is 17.8 Å². The zero-order chi connectivity index (χ0) is 14.5. The van der Waals surface area contributed by atoms with Crippen LogP contribution in [0.4, 0.5) is 4.79 Å². The van der Waals surface area contributed by atoms with Gasteiger partial charge in [0.15, 0.2) is 0 Å². The first-order chi connectivity index (χ1) is 9.65. The molecule has 4 atom stereocenters. The van der Waals surface area contributed by atoms with Crippen LogP contribution in [0.5, 0.6) is 0 Å². The number of aliphatic hydroxyl groups excluding tert-OH is 1. The molecule has 0 aliphatic heterocycles. The molecule has 4 heteroatoms. The molecule has 20 heavy (non-hydrogen) atoms. The number of unbranched alkanes of at least 4 members (excludes halogenated alkanes) is 1. The van der Waals surface area contributed by atoms with Gasteiger partial charge >= 0.3 is 6.03 Å². The van der Waals surface area contributed by atoms with E-state index in [2.05, 4.69) is 19.2 Å².